The van der Waals surface area contributed by atoms with Gasteiger partial charge in [0.1, 0.15) is 5.75 Å². The van der Waals surface area contributed by atoms with E-state index < -0.39 is 0 Å². The van der Waals surface area contributed by atoms with Gasteiger partial charge >= 0.3 is 5.69 Å². The fourth-order valence-corrected chi connectivity index (χ4v) is 3.04. The van der Waals surface area contributed by atoms with Crippen molar-refractivity contribution in [3.63, 3.8) is 0 Å². The van der Waals surface area contributed by atoms with Crippen LogP contribution in [0.25, 0.3) is 11.0 Å². The van der Waals surface area contributed by atoms with Crippen molar-refractivity contribution in [2.75, 3.05) is 13.2 Å². The maximum atomic E-state index is 12.0. The number of aryl methyl sites for hydroxylation is 1. The van der Waals surface area contributed by atoms with Crippen molar-refractivity contribution in [3.8, 4) is 5.75 Å². The van der Waals surface area contributed by atoms with Crippen molar-refractivity contribution in [1.29, 1.82) is 0 Å². The van der Waals surface area contributed by atoms with Crippen molar-refractivity contribution >= 4 is 40.1 Å². The van der Waals surface area contributed by atoms with E-state index in [1.54, 1.807) is 22.8 Å². The lowest BCUT2D eigenvalue weighted by Gasteiger charge is -2.09. The molecule has 1 heterocycles. The van der Waals surface area contributed by atoms with Crippen molar-refractivity contribution in [2.45, 2.75) is 13.0 Å². The first-order chi connectivity index (χ1) is 12.5. The minimum absolute atomic E-state index is 0.144. The van der Waals surface area contributed by atoms with Crippen molar-refractivity contribution < 1.29 is 9.53 Å². The van der Waals surface area contributed by atoms with Gasteiger partial charge in [0.15, 0.2) is 6.61 Å². The Labute approximate surface area is 159 Å². The molecule has 1 amide bonds. The smallest absolute Gasteiger partial charge is 0.326 e. The van der Waals surface area contributed by atoms with Crippen LogP contribution in [0.15, 0.2) is 47.3 Å². The minimum Gasteiger partial charge on any atom is -0.482 e. The van der Waals surface area contributed by atoms with Gasteiger partial charge in [-0.05, 0) is 36.8 Å². The second-order valence-corrected chi connectivity index (χ2v) is 6.51. The van der Waals surface area contributed by atoms with Crippen LogP contribution in [0.5, 0.6) is 5.75 Å². The van der Waals surface area contributed by atoms with E-state index in [0.717, 1.165) is 11.0 Å². The number of benzene rings is 2. The fourth-order valence-electron chi connectivity index (χ4n) is 2.58. The third-order valence-corrected chi connectivity index (χ3v) is 4.35. The molecule has 0 fully saturated rings. The van der Waals surface area contributed by atoms with Crippen LogP contribution in [-0.2, 0) is 11.3 Å². The largest absolute Gasteiger partial charge is 0.482 e. The van der Waals surface area contributed by atoms with Gasteiger partial charge in [-0.15, -0.1) is 0 Å². The summed E-state index contributed by atoms with van der Waals surface area (Å²) in [6.45, 7) is 0.796. The van der Waals surface area contributed by atoms with Crippen LogP contribution in [0.4, 0.5) is 0 Å². The van der Waals surface area contributed by atoms with Gasteiger partial charge in [-0.1, -0.05) is 35.3 Å². The lowest BCUT2D eigenvalue weighted by Crippen LogP contribution is -2.30. The number of nitrogens with zero attached hydrogens (tertiary/aromatic N) is 1. The van der Waals surface area contributed by atoms with Gasteiger partial charge in [-0.25, -0.2) is 4.79 Å². The molecule has 0 spiro atoms. The van der Waals surface area contributed by atoms with E-state index in [0.29, 0.717) is 35.3 Å². The number of aromatic amines is 1. The average molecular weight is 394 g/mol. The summed E-state index contributed by atoms with van der Waals surface area (Å²) in [6, 6.07) is 12.3. The summed E-state index contributed by atoms with van der Waals surface area (Å²) in [6.07, 6.45) is 0.620. The van der Waals surface area contributed by atoms with Crippen molar-refractivity contribution in [2.24, 2.45) is 0 Å². The monoisotopic (exact) mass is 393 g/mol. The number of para-hydroxylation sites is 2. The summed E-state index contributed by atoms with van der Waals surface area (Å²) in [7, 11) is 0. The molecule has 0 aliphatic rings. The summed E-state index contributed by atoms with van der Waals surface area (Å²) in [4.78, 5) is 26.6. The van der Waals surface area contributed by atoms with E-state index in [2.05, 4.69) is 10.3 Å². The highest BCUT2D eigenvalue weighted by atomic mass is 35.5. The first-order valence-electron chi connectivity index (χ1n) is 8.06. The molecular formula is C18H17Cl2N3O3. The third-order valence-electron chi connectivity index (χ3n) is 3.81. The van der Waals surface area contributed by atoms with Gasteiger partial charge in [-0.3, -0.25) is 9.36 Å². The number of H-pyrrole nitrogens is 1. The van der Waals surface area contributed by atoms with Crippen molar-refractivity contribution in [1.82, 2.24) is 14.9 Å². The van der Waals surface area contributed by atoms with Gasteiger partial charge in [0.2, 0.25) is 0 Å². The van der Waals surface area contributed by atoms with Gasteiger partial charge in [0.25, 0.3) is 5.91 Å². The Morgan fingerprint density at radius 3 is 2.81 bits per heavy atom. The van der Waals surface area contributed by atoms with E-state index >= 15 is 0 Å². The Balaban J connectivity index is 1.45. The molecule has 3 rings (SSSR count). The van der Waals surface area contributed by atoms with E-state index in [-0.39, 0.29) is 18.2 Å². The number of nitrogens with one attached hydrogen (secondary N) is 2. The summed E-state index contributed by atoms with van der Waals surface area (Å²) in [5.41, 5.74) is 1.50. The number of carbonyl (C=O) groups excluding carboxylic acids is 1. The molecule has 3 aromatic rings. The summed E-state index contributed by atoms with van der Waals surface area (Å²) in [5.74, 6) is 0.138. The highest BCUT2D eigenvalue weighted by Crippen LogP contribution is 2.27. The number of ether oxygens (including phenoxy) is 1. The van der Waals surface area contributed by atoms with E-state index in [1.165, 1.54) is 0 Å². The standard InChI is InChI=1S/C18H17Cl2N3O3/c19-12-6-7-16(13(20)10-12)26-11-17(24)21-8-3-9-23-15-5-2-1-4-14(15)22-18(23)25/h1-2,4-7,10H,3,8-9,11H2,(H,21,24)(H,22,25). The Bertz CT molecular complexity index is 981. The number of fused-ring (bicyclic) bond motifs is 1. The highest BCUT2D eigenvalue weighted by Gasteiger charge is 2.08. The molecule has 0 saturated heterocycles. The molecule has 0 saturated carbocycles. The molecule has 0 bridgehead atoms. The number of hydrogen-bond acceptors (Lipinski definition) is 3. The molecule has 1 aromatic heterocycles. The summed E-state index contributed by atoms with van der Waals surface area (Å²) >= 11 is 11.8. The number of amides is 1. The topological polar surface area (TPSA) is 76.1 Å². The maximum Gasteiger partial charge on any atom is 0.326 e. The number of halogens is 2. The zero-order chi connectivity index (χ0) is 18.5. The number of hydrogen-bond donors (Lipinski definition) is 2. The first-order valence-corrected chi connectivity index (χ1v) is 8.82. The Kier molecular flexibility index (Phi) is 5.85. The predicted molar refractivity (Wildman–Crippen MR) is 102 cm³/mol. The zero-order valence-electron chi connectivity index (χ0n) is 13.8. The molecule has 2 aromatic carbocycles. The quantitative estimate of drug-likeness (QED) is 0.605. The molecule has 0 unspecified atom stereocenters. The Hall–Kier alpha value is -2.44. The van der Waals surface area contributed by atoms with E-state index in [4.69, 9.17) is 27.9 Å². The van der Waals surface area contributed by atoms with Crippen LogP contribution in [0.3, 0.4) is 0 Å². The van der Waals surface area contributed by atoms with Gasteiger partial charge in [0, 0.05) is 18.1 Å². The van der Waals surface area contributed by atoms with Crippen LogP contribution >= 0.6 is 23.2 Å². The lowest BCUT2D eigenvalue weighted by molar-refractivity contribution is -0.123. The third kappa shape index (κ3) is 4.39. The molecular weight excluding hydrogens is 377 g/mol. The van der Waals surface area contributed by atoms with E-state index in [1.807, 2.05) is 24.3 Å². The average Bonchev–Trinajstić information content (AvgIpc) is 2.93. The molecule has 2 N–H and O–H groups in total. The van der Waals surface area contributed by atoms with Gasteiger partial charge in [-0.2, -0.15) is 0 Å². The van der Waals surface area contributed by atoms with Crippen LogP contribution in [0.1, 0.15) is 6.42 Å². The first kappa shape index (κ1) is 18.4. The molecule has 8 heteroatoms. The van der Waals surface area contributed by atoms with Crippen LogP contribution in [0, 0.1) is 0 Å². The van der Waals surface area contributed by atoms with Crippen LogP contribution < -0.4 is 15.7 Å². The van der Waals surface area contributed by atoms with Gasteiger partial charge in [0.05, 0.1) is 16.1 Å². The van der Waals surface area contributed by atoms with Crippen LogP contribution in [-0.4, -0.2) is 28.6 Å². The Morgan fingerprint density at radius 2 is 2.00 bits per heavy atom. The highest BCUT2D eigenvalue weighted by molar-refractivity contribution is 6.35. The molecule has 6 nitrogen and oxygen atoms in total. The molecule has 0 aliphatic carbocycles. The minimum atomic E-state index is -0.262. The zero-order valence-corrected chi connectivity index (χ0v) is 15.3. The summed E-state index contributed by atoms with van der Waals surface area (Å²) in [5, 5.41) is 3.61. The second-order valence-electron chi connectivity index (χ2n) is 5.67. The number of aromatic nitrogens is 2. The number of imidazole rings is 1. The maximum absolute atomic E-state index is 12.0. The molecule has 0 atom stereocenters. The summed E-state index contributed by atoms with van der Waals surface area (Å²) < 4.78 is 7.03. The number of carbonyl (C=O) groups is 1. The molecule has 0 aliphatic heterocycles. The molecule has 26 heavy (non-hydrogen) atoms. The molecule has 0 radical (unpaired) electrons. The predicted octanol–water partition coefficient (Wildman–Crippen LogP) is 3.22. The van der Waals surface area contributed by atoms with Gasteiger partial charge < -0.3 is 15.0 Å². The van der Waals surface area contributed by atoms with Crippen molar-refractivity contribution in [3.05, 3.63) is 63.0 Å². The second kappa shape index (κ2) is 8.29. The lowest BCUT2D eigenvalue weighted by atomic mass is 10.3. The Morgan fingerprint density at radius 1 is 1.19 bits per heavy atom. The molecule has 136 valence electrons. The SMILES string of the molecule is O=C(COc1ccc(Cl)cc1Cl)NCCCn1c(=O)[nH]c2ccccc21. The van der Waals surface area contributed by atoms with Crippen LogP contribution in [0.2, 0.25) is 10.0 Å². The number of rotatable bonds is 7. The fraction of sp³-hybridized carbons (Fsp3) is 0.222. The normalized spacial score (nSPS) is 10.8. The van der Waals surface area contributed by atoms with E-state index in [9.17, 15) is 9.59 Å².